The van der Waals surface area contributed by atoms with Crippen molar-refractivity contribution in [2.24, 2.45) is 9.98 Å². The molecule has 3 rings (SSSR count). The minimum atomic E-state index is -0.833. The second kappa shape index (κ2) is 12.5. The monoisotopic (exact) mass is 435 g/mol. The average Bonchev–Trinajstić information content (AvgIpc) is 2.65. The van der Waals surface area contributed by atoms with Gasteiger partial charge in [0.15, 0.2) is 0 Å². The summed E-state index contributed by atoms with van der Waals surface area (Å²) in [7, 11) is 0. The minimum Gasteiger partial charge on any atom is -0.507 e. The summed E-state index contributed by atoms with van der Waals surface area (Å²) in [5.41, 5.74) is 3.16. The van der Waals surface area contributed by atoms with Crippen molar-refractivity contribution in [2.45, 2.75) is 19.8 Å². The number of aromatic hydroxyl groups is 2. The molecule has 2 aromatic carbocycles. The normalized spacial score (nSPS) is 13.0. The van der Waals surface area contributed by atoms with Crippen LogP contribution in [0.2, 0.25) is 0 Å². The van der Waals surface area contributed by atoms with Gasteiger partial charge in [0.05, 0.1) is 13.1 Å². The first kappa shape index (κ1) is 24.1. The number of carboxylic acid groups (broad SMARTS) is 1. The zero-order valence-electron chi connectivity index (χ0n) is 16.1. The summed E-state index contributed by atoms with van der Waals surface area (Å²) in [6, 6.07) is 11.3. The molecule has 1 radical (unpaired) electrons. The molecule has 0 aliphatic carbocycles. The molecular formula is C22H24MnN2O4+2. The van der Waals surface area contributed by atoms with E-state index in [4.69, 9.17) is 9.90 Å². The summed E-state index contributed by atoms with van der Waals surface area (Å²) >= 11 is 0. The van der Waals surface area contributed by atoms with Gasteiger partial charge in [0, 0.05) is 30.5 Å². The van der Waals surface area contributed by atoms with Crippen LogP contribution < -0.4 is 0 Å². The standard InChI is InChI=1S/C20H20N2O2.C2H4O2.Mn/c23-19-15-5-1-2-6-16-8-4-10-18(20(16)24)14-22-12-11-21-13-17(19)9-3-7-15;1-2(3)4;/h1-4,7-10,13-14,23-24H,5-6,11-12H2;1H3,(H,3,4);/q;;+2. The van der Waals surface area contributed by atoms with Gasteiger partial charge in [-0.3, -0.25) is 14.8 Å². The van der Waals surface area contributed by atoms with E-state index >= 15 is 0 Å². The molecule has 1 heterocycles. The molecular weight excluding hydrogens is 411 g/mol. The molecule has 0 atom stereocenters. The van der Waals surface area contributed by atoms with E-state index in [1.165, 1.54) is 0 Å². The van der Waals surface area contributed by atoms with Crippen molar-refractivity contribution in [3.05, 3.63) is 70.8 Å². The molecule has 0 saturated heterocycles. The molecule has 0 spiro atoms. The van der Waals surface area contributed by atoms with Gasteiger partial charge in [-0.25, -0.2) is 0 Å². The van der Waals surface area contributed by atoms with Crippen LogP contribution in [0.4, 0.5) is 0 Å². The maximum absolute atomic E-state index is 10.3. The van der Waals surface area contributed by atoms with E-state index in [9.17, 15) is 10.2 Å². The number of para-hydroxylation sites is 2. The van der Waals surface area contributed by atoms with E-state index in [1.54, 1.807) is 12.4 Å². The molecule has 1 aliphatic rings. The zero-order chi connectivity index (χ0) is 20.4. The number of aliphatic carboxylic acids is 1. The molecule has 0 aromatic heterocycles. The molecule has 6 nitrogen and oxygen atoms in total. The number of benzene rings is 2. The van der Waals surface area contributed by atoms with Crippen LogP contribution in [0.15, 0.2) is 58.5 Å². The minimum absolute atomic E-state index is 0. The fourth-order valence-electron chi connectivity index (χ4n) is 2.62. The van der Waals surface area contributed by atoms with E-state index in [2.05, 4.69) is 9.98 Å². The van der Waals surface area contributed by atoms with Gasteiger partial charge in [0.2, 0.25) is 0 Å². The topological polar surface area (TPSA) is 102 Å². The van der Waals surface area contributed by atoms with E-state index in [0.29, 0.717) is 25.9 Å². The Hall–Kier alpha value is -2.89. The number of phenolic OH excluding ortho intramolecular Hbond substituents is 2. The largest absolute Gasteiger partial charge is 2.00 e. The Balaban J connectivity index is 0.000000771. The summed E-state index contributed by atoms with van der Waals surface area (Å²) in [5, 5.41) is 28.1. The van der Waals surface area contributed by atoms with E-state index in [0.717, 1.165) is 29.2 Å². The van der Waals surface area contributed by atoms with Crippen molar-refractivity contribution in [2.75, 3.05) is 13.1 Å². The van der Waals surface area contributed by atoms with Gasteiger partial charge in [0.1, 0.15) is 11.5 Å². The van der Waals surface area contributed by atoms with Gasteiger partial charge in [0.25, 0.3) is 5.97 Å². The van der Waals surface area contributed by atoms with Crippen LogP contribution >= 0.6 is 0 Å². The fraction of sp³-hybridized carbons (Fsp3) is 0.227. The predicted octanol–water partition coefficient (Wildman–Crippen LogP) is 3.38. The van der Waals surface area contributed by atoms with Crippen molar-refractivity contribution in [3.8, 4) is 11.5 Å². The van der Waals surface area contributed by atoms with Gasteiger partial charge in [-0.1, -0.05) is 36.4 Å². The van der Waals surface area contributed by atoms with Gasteiger partial charge in [-0.2, -0.15) is 0 Å². The first-order valence-corrected chi connectivity index (χ1v) is 8.95. The Morgan fingerprint density at radius 2 is 1.21 bits per heavy atom. The summed E-state index contributed by atoms with van der Waals surface area (Å²) in [4.78, 5) is 17.6. The van der Waals surface area contributed by atoms with E-state index in [1.807, 2.05) is 48.6 Å². The third-order valence-electron chi connectivity index (χ3n) is 3.96. The molecule has 151 valence electrons. The second-order valence-corrected chi connectivity index (χ2v) is 6.18. The van der Waals surface area contributed by atoms with Crippen molar-refractivity contribution < 1.29 is 37.2 Å². The van der Waals surface area contributed by atoms with Crippen LogP contribution in [-0.2, 0) is 34.7 Å². The Kier molecular flexibility index (Phi) is 10.4. The first-order valence-electron chi connectivity index (χ1n) is 8.95. The average molecular weight is 435 g/mol. The molecule has 2 aromatic rings. The Bertz CT molecular complexity index is 836. The van der Waals surface area contributed by atoms with Gasteiger partial charge >= 0.3 is 17.1 Å². The molecule has 1 aliphatic heterocycles. The van der Waals surface area contributed by atoms with Gasteiger partial charge < -0.3 is 15.3 Å². The van der Waals surface area contributed by atoms with E-state index < -0.39 is 5.97 Å². The van der Waals surface area contributed by atoms with Gasteiger partial charge in [-0.15, -0.1) is 0 Å². The van der Waals surface area contributed by atoms with Crippen LogP contribution in [0.3, 0.4) is 0 Å². The third-order valence-corrected chi connectivity index (χ3v) is 3.96. The van der Waals surface area contributed by atoms with Crippen LogP contribution in [0.1, 0.15) is 29.2 Å². The zero-order valence-corrected chi connectivity index (χ0v) is 17.3. The number of allylic oxidation sites excluding steroid dienone is 2. The number of hydrogen-bond acceptors (Lipinski definition) is 5. The maximum atomic E-state index is 10.3. The van der Waals surface area contributed by atoms with Crippen LogP contribution in [0.25, 0.3) is 0 Å². The Morgan fingerprint density at radius 1 is 0.828 bits per heavy atom. The molecule has 29 heavy (non-hydrogen) atoms. The number of hydrogen-bond donors (Lipinski definition) is 3. The summed E-state index contributed by atoms with van der Waals surface area (Å²) in [5.74, 6) is -0.294. The van der Waals surface area contributed by atoms with Crippen LogP contribution in [0, 0.1) is 0 Å². The molecule has 0 amide bonds. The molecule has 0 fully saturated rings. The van der Waals surface area contributed by atoms with Crippen molar-refractivity contribution in [3.63, 3.8) is 0 Å². The molecule has 0 saturated carbocycles. The SMILES string of the molecule is CC(=O)O.Oc1c2cccc1CC=CCc1cccc(c1O)C=NCCN=C2.[Mn+2]. The molecule has 0 unspecified atom stereocenters. The number of phenols is 2. The number of nitrogens with zero attached hydrogens (tertiary/aromatic N) is 2. The first-order chi connectivity index (χ1) is 13.5. The van der Waals surface area contributed by atoms with Crippen molar-refractivity contribution in [1.82, 2.24) is 0 Å². The maximum Gasteiger partial charge on any atom is 2.00 e. The summed E-state index contributed by atoms with van der Waals surface area (Å²) in [6.07, 6.45) is 8.64. The Labute approximate surface area is 180 Å². The summed E-state index contributed by atoms with van der Waals surface area (Å²) < 4.78 is 0. The predicted molar refractivity (Wildman–Crippen MR) is 111 cm³/mol. The fourth-order valence-corrected chi connectivity index (χ4v) is 2.62. The Morgan fingerprint density at radius 3 is 1.59 bits per heavy atom. The second-order valence-electron chi connectivity index (χ2n) is 6.18. The molecule has 3 N–H and O–H groups in total. The summed E-state index contributed by atoms with van der Waals surface area (Å²) in [6.45, 7) is 2.14. The number of fused-ring (bicyclic) bond motifs is 4. The van der Waals surface area contributed by atoms with Crippen molar-refractivity contribution in [1.29, 1.82) is 0 Å². The molecule has 4 bridgehead atoms. The number of aliphatic imine (C=N–C) groups is 2. The third kappa shape index (κ3) is 7.93. The van der Waals surface area contributed by atoms with Gasteiger partial charge in [-0.05, 0) is 36.1 Å². The smallest absolute Gasteiger partial charge is 0.507 e. The van der Waals surface area contributed by atoms with Crippen LogP contribution in [0.5, 0.6) is 11.5 Å². The molecule has 7 heteroatoms. The van der Waals surface area contributed by atoms with Crippen LogP contribution in [-0.4, -0.2) is 46.8 Å². The number of carbonyl (C=O) groups is 1. The number of carboxylic acids is 1. The number of rotatable bonds is 0. The van der Waals surface area contributed by atoms with E-state index in [-0.39, 0.29) is 28.6 Å². The quantitative estimate of drug-likeness (QED) is 0.436. The van der Waals surface area contributed by atoms with Crippen molar-refractivity contribution >= 4 is 18.4 Å².